The maximum atomic E-state index is 13.4. The van der Waals surface area contributed by atoms with E-state index in [1.807, 2.05) is 33.8 Å². The first-order valence-electron chi connectivity index (χ1n) is 12.1. The predicted octanol–water partition coefficient (Wildman–Crippen LogP) is 7.40. The van der Waals surface area contributed by atoms with E-state index in [0.717, 1.165) is 44.1 Å². The van der Waals surface area contributed by atoms with Gasteiger partial charge in [-0.05, 0) is 71.1 Å². The van der Waals surface area contributed by atoms with E-state index in [4.69, 9.17) is 9.47 Å². The third kappa shape index (κ3) is 11.4. The Morgan fingerprint density at radius 3 is 2.00 bits per heavy atom. The van der Waals surface area contributed by atoms with Crippen LogP contribution < -0.4 is 0 Å². The van der Waals surface area contributed by atoms with Crippen molar-refractivity contribution in [2.45, 2.75) is 123 Å². The molecule has 0 spiro atoms. The molecule has 4 heteroatoms. The van der Waals surface area contributed by atoms with Crippen LogP contribution in [-0.4, -0.2) is 23.3 Å². The van der Waals surface area contributed by atoms with Crippen LogP contribution in [0, 0.1) is 11.7 Å². The Bertz CT molecular complexity index is 549. The SMILES string of the molecule is CCCCCCCCC(CCCCc1cccc(F)c1)C(O)(OC(C)C)OC(C)C. The summed E-state index contributed by atoms with van der Waals surface area (Å²) in [5, 5.41) is 11.3. The van der Waals surface area contributed by atoms with Crippen LogP contribution in [0.4, 0.5) is 4.39 Å². The lowest BCUT2D eigenvalue weighted by molar-refractivity contribution is -0.407. The van der Waals surface area contributed by atoms with Gasteiger partial charge in [-0.25, -0.2) is 4.39 Å². The molecule has 0 saturated heterocycles. The molecule has 0 bridgehead atoms. The first-order valence-corrected chi connectivity index (χ1v) is 12.1. The molecule has 0 heterocycles. The predicted molar refractivity (Wildman–Crippen MR) is 123 cm³/mol. The van der Waals surface area contributed by atoms with Crippen LogP contribution in [0.1, 0.15) is 104 Å². The summed E-state index contributed by atoms with van der Waals surface area (Å²) in [5.74, 6) is -1.80. The van der Waals surface area contributed by atoms with E-state index >= 15 is 0 Å². The van der Waals surface area contributed by atoms with Gasteiger partial charge in [0.05, 0.1) is 12.2 Å². The van der Waals surface area contributed by atoms with Gasteiger partial charge in [0.1, 0.15) is 5.82 Å². The largest absolute Gasteiger partial charge is 0.343 e. The molecule has 0 aliphatic heterocycles. The Morgan fingerprint density at radius 2 is 1.43 bits per heavy atom. The van der Waals surface area contributed by atoms with E-state index in [0.29, 0.717) is 0 Å². The zero-order valence-electron chi connectivity index (χ0n) is 20.0. The van der Waals surface area contributed by atoms with Crippen molar-refractivity contribution >= 4 is 0 Å². The molecule has 1 aromatic carbocycles. The van der Waals surface area contributed by atoms with Gasteiger partial charge in [-0.15, -0.1) is 0 Å². The molecule has 1 aromatic rings. The number of hydrogen-bond acceptors (Lipinski definition) is 3. The van der Waals surface area contributed by atoms with E-state index in [9.17, 15) is 9.50 Å². The summed E-state index contributed by atoms with van der Waals surface area (Å²) in [5.41, 5.74) is 1.02. The molecule has 0 amide bonds. The summed E-state index contributed by atoms with van der Waals surface area (Å²) in [6.07, 6.45) is 11.6. The van der Waals surface area contributed by atoms with Crippen LogP contribution >= 0.6 is 0 Å². The lowest BCUT2D eigenvalue weighted by Gasteiger charge is -2.38. The van der Waals surface area contributed by atoms with Crippen LogP contribution in [0.15, 0.2) is 24.3 Å². The van der Waals surface area contributed by atoms with E-state index in [-0.39, 0.29) is 23.9 Å². The zero-order chi connectivity index (χ0) is 22.4. The second-order valence-corrected chi connectivity index (χ2v) is 9.09. The molecule has 0 radical (unpaired) electrons. The highest BCUT2D eigenvalue weighted by atomic mass is 19.1. The second-order valence-electron chi connectivity index (χ2n) is 9.09. The van der Waals surface area contributed by atoms with Crippen molar-refractivity contribution in [3.63, 3.8) is 0 Å². The second kappa shape index (κ2) is 14.9. The van der Waals surface area contributed by atoms with E-state index in [1.54, 1.807) is 12.1 Å². The van der Waals surface area contributed by atoms with Crippen molar-refractivity contribution in [1.29, 1.82) is 0 Å². The maximum Gasteiger partial charge on any atom is 0.283 e. The number of ether oxygens (including phenoxy) is 2. The van der Waals surface area contributed by atoms with Gasteiger partial charge in [0.25, 0.3) is 5.97 Å². The maximum absolute atomic E-state index is 13.4. The minimum absolute atomic E-state index is 0.0685. The minimum Gasteiger partial charge on any atom is -0.343 e. The third-order valence-corrected chi connectivity index (χ3v) is 5.39. The molecule has 0 aromatic heterocycles. The molecule has 1 unspecified atom stereocenters. The fourth-order valence-corrected chi connectivity index (χ4v) is 3.99. The first kappa shape index (κ1) is 27.1. The van der Waals surface area contributed by atoms with Gasteiger partial charge in [-0.2, -0.15) is 0 Å². The Hall–Kier alpha value is -0.970. The van der Waals surface area contributed by atoms with Crippen molar-refractivity contribution < 1.29 is 19.0 Å². The van der Waals surface area contributed by atoms with Gasteiger partial charge in [0.2, 0.25) is 0 Å². The third-order valence-electron chi connectivity index (χ3n) is 5.39. The smallest absolute Gasteiger partial charge is 0.283 e. The van der Waals surface area contributed by atoms with Crippen LogP contribution in [0.25, 0.3) is 0 Å². The normalized spacial score (nSPS) is 13.4. The number of aryl methyl sites for hydroxylation is 1. The molecular weight excluding hydrogens is 379 g/mol. The van der Waals surface area contributed by atoms with Crippen molar-refractivity contribution in [2.75, 3.05) is 0 Å². The fraction of sp³-hybridized carbons (Fsp3) is 0.769. The number of benzene rings is 1. The summed E-state index contributed by atoms with van der Waals surface area (Å²) in [6.45, 7) is 9.95. The van der Waals surface area contributed by atoms with Gasteiger partial charge in [0.15, 0.2) is 0 Å². The number of hydrogen-bond donors (Lipinski definition) is 1. The Morgan fingerprint density at radius 1 is 0.867 bits per heavy atom. The molecule has 1 atom stereocenters. The van der Waals surface area contributed by atoms with Crippen molar-refractivity contribution in [2.24, 2.45) is 5.92 Å². The summed E-state index contributed by atoms with van der Waals surface area (Å²) < 4.78 is 25.2. The summed E-state index contributed by atoms with van der Waals surface area (Å²) in [7, 11) is 0. The average molecular weight is 425 g/mol. The summed E-state index contributed by atoms with van der Waals surface area (Å²) >= 11 is 0. The summed E-state index contributed by atoms with van der Waals surface area (Å²) in [6, 6.07) is 6.81. The topological polar surface area (TPSA) is 38.7 Å². The van der Waals surface area contributed by atoms with E-state index < -0.39 is 5.97 Å². The van der Waals surface area contributed by atoms with Gasteiger partial charge in [-0.1, -0.05) is 64.0 Å². The molecule has 0 fully saturated rings. The average Bonchev–Trinajstić information content (AvgIpc) is 2.64. The minimum atomic E-state index is -1.55. The van der Waals surface area contributed by atoms with E-state index in [1.165, 1.54) is 38.2 Å². The monoisotopic (exact) mass is 424 g/mol. The van der Waals surface area contributed by atoms with Gasteiger partial charge in [0, 0.05) is 5.92 Å². The summed E-state index contributed by atoms with van der Waals surface area (Å²) in [4.78, 5) is 0. The lowest BCUT2D eigenvalue weighted by atomic mass is 9.91. The molecule has 1 rings (SSSR count). The molecule has 30 heavy (non-hydrogen) atoms. The van der Waals surface area contributed by atoms with Crippen molar-refractivity contribution in [3.8, 4) is 0 Å². The molecule has 0 aliphatic rings. The highest BCUT2D eigenvalue weighted by molar-refractivity contribution is 5.16. The van der Waals surface area contributed by atoms with Gasteiger partial charge in [-0.3, -0.25) is 0 Å². The molecule has 0 aliphatic carbocycles. The molecule has 1 N–H and O–H groups in total. The highest BCUT2D eigenvalue weighted by Crippen LogP contribution is 2.33. The molecule has 3 nitrogen and oxygen atoms in total. The Balaban J connectivity index is 2.66. The molecule has 174 valence electrons. The molecule has 0 saturated carbocycles. The Kier molecular flexibility index (Phi) is 13.5. The van der Waals surface area contributed by atoms with Crippen molar-refractivity contribution in [3.05, 3.63) is 35.6 Å². The number of aliphatic hydroxyl groups is 1. The lowest BCUT2D eigenvalue weighted by Crippen LogP contribution is -2.47. The highest BCUT2D eigenvalue weighted by Gasteiger charge is 2.40. The number of halogens is 1. The van der Waals surface area contributed by atoms with Crippen LogP contribution in [0.3, 0.4) is 0 Å². The van der Waals surface area contributed by atoms with E-state index in [2.05, 4.69) is 6.92 Å². The standard InChI is InChI=1S/C26H45FO3/c1-6-7-8-9-10-11-17-24(26(28,29-21(2)3)30-22(4)5)18-13-12-15-23-16-14-19-25(27)20-23/h14,16,19-22,24,28H,6-13,15,17-18H2,1-5H3. The fourth-order valence-electron chi connectivity index (χ4n) is 3.99. The van der Waals surface area contributed by atoms with Crippen LogP contribution in [0.2, 0.25) is 0 Å². The Labute approximate surface area is 184 Å². The first-order chi connectivity index (χ1) is 14.3. The number of rotatable bonds is 17. The molecular formula is C26H45FO3. The van der Waals surface area contributed by atoms with Gasteiger partial charge >= 0.3 is 0 Å². The van der Waals surface area contributed by atoms with Crippen LogP contribution in [-0.2, 0) is 15.9 Å². The number of unbranched alkanes of at least 4 members (excludes halogenated alkanes) is 6. The zero-order valence-corrected chi connectivity index (χ0v) is 20.0. The quantitative estimate of drug-likeness (QED) is 0.209. The van der Waals surface area contributed by atoms with Crippen LogP contribution in [0.5, 0.6) is 0 Å². The van der Waals surface area contributed by atoms with Gasteiger partial charge < -0.3 is 14.6 Å². The van der Waals surface area contributed by atoms with Crippen molar-refractivity contribution in [1.82, 2.24) is 0 Å².